The van der Waals surface area contributed by atoms with Crippen molar-refractivity contribution < 1.29 is 30.7 Å². The van der Waals surface area contributed by atoms with Crippen LogP contribution < -0.4 is 0 Å². The van der Waals surface area contributed by atoms with Gasteiger partial charge in [-0.25, -0.2) is 13.0 Å². The molecule has 0 bridgehead atoms. The van der Waals surface area contributed by atoms with Gasteiger partial charge >= 0.3 is 5.51 Å². The average Bonchev–Trinajstić information content (AvgIpc) is 2.26. The summed E-state index contributed by atoms with van der Waals surface area (Å²) in [6.45, 7) is 5.39. The first-order chi connectivity index (χ1) is 9.43. The lowest BCUT2D eigenvalue weighted by molar-refractivity contribution is -0.511. The SMILES string of the molecule is CC(C)C=[N+](C)Cc1ccccc1.O=S(=O)([O-])C(F)(F)F. The Morgan fingerprint density at radius 1 is 1.24 bits per heavy atom. The van der Waals surface area contributed by atoms with Gasteiger partial charge in [-0.05, 0) is 0 Å². The smallest absolute Gasteiger partial charge is 0.485 e. The van der Waals surface area contributed by atoms with Crippen LogP contribution >= 0.6 is 0 Å². The molecule has 1 rings (SSSR count). The lowest BCUT2D eigenvalue weighted by atomic mass is 10.2. The molecule has 0 aliphatic rings. The lowest BCUT2D eigenvalue weighted by Gasteiger charge is -2.08. The van der Waals surface area contributed by atoms with Crippen LogP contribution in [0.3, 0.4) is 0 Å². The molecule has 1 aromatic rings. The van der Waals surface area contributed by atoms with E-state index < -0.39 is 15.6 Å². The zero-order valence-corrected chi connectivity index (χ0v) is 12.8. The van der Waals surface area contributed by atoms with Gasteiger partial charge in [-0.15, -0.1) is 0 Å². The van der Waals surface area contributed by atoms with E-state index in [-0.39, 0.29) is 0 Å². The van der Waals surface area contributed by atoms with E-state index >= 15 is 0 Å². The Morgan fingerprint density at radius 2 is 1.67 bits per heavy atom. The highest BCUT2D eigenvalue weighted by Crippen LogP contribution is 2.20. The third-order valence-electron chi connectivity index (χ3n) is 2.11. The molecule has 0 atom stereocenters. The summed E-state index contributed by atoms with van der Waals surface area (Å²) in [4.78, 5) is 0. The molecule has 0 N–H and O–H groups in total. The van der Waals surface area contributed by atoms with Crippen LogP contribution in [0.25, 0.3) is 0 Å². The minimum atomic E-state index is -6.09. The predicted octanol–water partition coefficient (Wildman–Crippen LogP) is 2.61. The van der Waals surface area contributed by atoms with Gasteiger partial charge in [0.2, 0.25) is 0 Å². The molecule has 0 radical (unpaired) electrons. The largest absolute Gasteiger partial charge is 0.741 e. The fraction of sp³-hybridized carbons (Fsp3) is 0.462. The Kier molecular flexibility index (Phi) is 7.59. The Labute approximate surface area is 122 Å². The van der Waals surface area contributed by atoms with E-state index in [0.717, 1.165) is 6.54 Å². The summed E-state index contributed by atoms with van der Waals surface area (Å²) in [6, 6.07) is 10.5. The van der Waals surface area contributed by atoms with Crippen LogP contribution in [0.1, 0.15) is 19.4 Å². The van der Waals surface area contributed by atoms with Gasteiger partial charge in [-0.1, -0.05) is 44.2 Å². The molecule has 0 aliphatic carbocycles. The molecule has 0 aromatic heterocycles. The first-order valence-corrected chi connectivity index (χ1v) is 7.45. The molecule has 21 heavy (non-hydrogen) atoms. The number of nitrogens with zero attached hydrogens (tertiary/aromatic N) is 1. The standard InChI is InChI=1S/C12H18N.CHF3O3S/c1-11(2)9-13(3)10-12-7-5-4-6-8-12;2-1(3,4)8(5,6)7/h4-9,11H,10H2,1-3H3;(H,5,6,7)/q+1;/p-1. The van der Waals surface area contributed by atoms with Crippen LogP contribution in [0, 0.1) is 5.92 Å². The van der Waals surface area contributed by atoms with Crippen molar-refractivity contribution in [3.63, 3.8) is 0 Å². The molecule has 0 unspecified atom stereocenters. The van der Waals surface area contributed by atoms with E-state index in [0.29, 0.717) is 5.92 Å². The van der Waals surface area contributed by atoms with Gasteiger partial charge in [-0.3, -0.25) is 0 Å². The van der Waals surface area contributed by atoms with E-state index in [4.69, 9.17) is 13.0 Å². The normalized spacial score (nSPS) is 12.9. The summed E-state index contributed by atoms with van der Waals surface area (Å²) >= 11 is 0. The van der Waals surface area contributed by atoms with E-state index in [9.17, 15) is 13.2 Å². The van der Waals surface area contributed by atoms with Crippen LogP contribution in [0.2, 0.25) is 0 Å². The monoisotopic (exact) mass is 325 g/mol. The van der Waals surface area contributed by atoms with Crippen molar-refractivity contribution in [2.75, 3.05) is 7.05 Å². The number of halogens is 3. The first kappa shape index (κ1) is 19.6. The maximum atomic E-state index is 10.7. The van der Waals surface area contributed by atoms with Crippen molar-refractivity contribution in [3.8, 4) is 0 Å². The van der Waals surface area contributed by atoms with Gasteiger partial charge in [0, 0.05) is 11.5 Å². The van der Waals surface area contributed by atoms with Gasteiger partial charge in [0.1, 0.15) is 13.3 Å². The number of hydrogen-bond acceptors (Lipinski definition) is 3. The molecule has 0 fully saturated rings. The third-order valence-corrected chi connectivity index (χ3v) is 2.68. The number of rotatable bonds is 3. The molecular weight excluding hydrogens is 307 g/mol. The molecule has 0 aliphatic heterocycles. The molecule has 0 saturated heterocycles. The number of alkyl halides is 3. The van der Waals surface area contributed by atoms with Crippen molar-refractivity contribution in [1.82, 2.24) is 0 Å². The highest BCUT2D eigenvalue weighted by atomic mass is 32.2. The van der Waals surface area contributed by atoms with Crippen LogP contribution in [0.5, 0.6) is 0 Å². The van der Waals surface area contributed by atoms with Gasteiger partial charge in [-0.2, -0.15) is 13.2 Å². The highest BCUT2D eigenvalue weighted by Gasteiger charge is 2.36. The quantitative estimate of drug-likeness (QED) is 0.371. The molecule has 0 saturated carbocycles. The van der Waals surface area contributed by atoms with Gasteiger partial charge in [0.15, 0.2) is 16.7 Å². The van der Waals surface area contributed by atoms with Crippen LogP contribution in [-0.4, -0.2) is 36.3 Å². The second kappa shape index (κ2) is 8.14. The second-order valence-electron chi connectivity index (χ2n) is 4.69. The third kappa shape index (κ3) is 9.19. The van der Waals surface area contributed by atoms with Crippen molar-refractivity contribution >= 4 is 16.3 Å². The summed E-state index contributed by atoms with van der Waals surface area (Å²) < 4.78 is 61.1. The van der Waals surface area contributed by atoms with E-state index in [1.54, 1.807) is 0 Å². The predicted molar refractivity (Wildman–Crippen MR) is 73.0 cm³/mol. The molecule has 120 valence electrons. The zero-order chi connectivity index (χ0) is 16.7. The van der Waals surface area contributed by atoms with E-state index in [2.05, 4.69) is 62.0 Å². The highest BCUT2D eigenvalue weighted by molar-refractivity contribution is 7.86. The second-order valence-corrected chi connectivity index (χ2v) is 6.06. The van der Waals surface area contributed by atoms with Crippen molar-refractivity contribution in [2.24, 2.45) is 5.92 Å². The summed E-state index contributed by atoms with van der Waals surface area (Å²) in [5, 5.41) is 0. The van der Waals surface area contributed by atoms with Crippen LogP contribution in [0.15, 0.2) is 30.3 Å². The fourth-order valence-corrected chi connectivity index (χ4v) is 1.43. The Morgan fingerprint density at radius 3 is 2.00 bits per heavy atom. The lowest BCUT2D eigenvalue weighted by Crippen LogP contribution is -2.21. The summed E-state index contributed by atoms with van der Waals surface area (Å²) in [5.41, 5.74) is -4.28. The average molecular weight is 325 g/mol. The van der Waals surface area contributed by atoms with Crippen molar-refractivity contribution in [2.45, 2.75) is 25.9 Å². The molecule has 0 spiro atoms. The van der Waals surface area contributed by atoms with Crippen LogP contribution in [-0.2, 0) is 16.7 Å². The molecule has 1 aromatic carbocycles. The van der Waals surface area contributed by atoms with Crippen molar-refractivity contribution in [3.05, 3.63) is 35.9 Å². The van der Waals surface area contributed by atoms with E-state index in [1.807, 2.05) is 0 Å². The Balaban J connectivity index is 0.000000433. The minimum absolute atomic E-state index is 0.619. The topological polar surface area (TPSA) is 60.2 Å². The summed E-state index contributed by atoms with van der Waals surface area (Å²) in [5.74, 6) is 0.619. The molecule has 0 amide bonds. The zero-order valence-electron chi connectivity index (χ0n) is 12.0. The Hall–Kier alpha value is -1.41. The number of hydrogen-bond donors (Lipinski definition) is 0. The van der Waals surface area contributed by atoms with Gasteiger partial charge < -0.3 is 4.55 Å². The molecular formula is C13H18F3NO3S. The first-order valence-electron chi connectivity index (χ1n) is 6.04. The maximum Gasteiger partial charge on any atom is 0.485 e. The van der Waals surface area contributed by atoms with Crippen molar-refractivity contribution in [1.29, 1.82) is 0 Å². The Bertz CT molecular complexity index is 552. The fourth-order valence-electron chi connectivity index (χ4n) is 1.43. The number of benzene rings is 1. The summed E-state index contributed by atoms with van der Waals surface area (Å²) in [6.07, 6.45) is 2.24. The minimum Gasteiger partial charge on any atom is -0.741 e. The molecule has 4 nitrogen and oxygen atoms in total. The van der Waals surface area contributed by atoms with Crippen LogP contribution in [0.4, 0.5) is 13.2 Å². The van der Waals surface area contributed by atoms with E-state index in [1.165, 1.54) is 5.56 Å². The molecule has 8 heteroatoms. The molecule has 0 heterocycles. The van der Waals surface area contributed by atoms with Gasteiger partial charge in [0.05, 0.1) is 0 Å². The summed E-state index contributed by atoms with van der Waals surface area (Å²) in [7, 11) is -3.97. The van der Waals surface area contributed by atoms with Gasteiger partial charge in [0.25, 0.3) is 0 Å². The maximum absolute atomic E-state index is 10.7.